The quantitative estimate of drug-likeness (QED) is 0.676. The van der Waals surface area contributed by atoms with Crippen molar-refractivity contribution < 1.29 is 9.53 Å². The highest BCUT2D eigenvalue weighted by Crippen LogP contribution is 2.23. The predicted molar refractivity (Wildman–Crippen MR) is 57.6 cm³/mol. The van der Waals surface area contributed by atoms with Crippen LogP contribution in [0.5, 0.6) is 0 Å². The molecule has 0 spiro atoms. The van der Waals surface area contributed by atoms with Crippen molar-refractivity contribution in [2.45, 2.75) is 32.4 Å². The van der Waals surface area contributed by atoms with Crippen LogP contribution in [0, 0.1) is 5.92 Å². The molecule has 86 valence electrons. The maximum atomic E-state index is 12.2. The molecule has 0 aromatic carbocycles. The second-order valence-corrected chi connectivity index (χ2v) is 4.56. The van der Waals surface area contributed by atoms with Crippen LogP contribution in [0.3, 0.4) is 0 Å². The summed E-state index contributed by atoms with van der Waals surface area (Å²) in [7, 11) is 0. The van der Waals surface area contributed by atoms with Crippen molar-refractivity contribution in [2.24, 2.45) is 5.92 Å². The molecule has 2 rings (SSSR count). The fourth-order valence-corrected chi connectivity index (χ4v) is 2.44. The summed E-state index contributed by atoms with van der Waals surface area (Å²) in [4.78, 5) is 14.2. The summed E-state index contributed by atoms with van der Waals surface area (Å²) < 4.78 is 5.45. The van der Waals surface area contributed by atoms with Crippen molar-refractivity contribution in [3.05, 3.63) is 0 Å². The topological polar surface area (TPSA) is 41.6 Å². The van der Waals surface area contributed by atoms with E-state index in [4.69, 9.17) is 4.74 Å². The summed E-state index contributed by atoms with van der Waals surface area (Å²) in [5, 5.41) is 3.30. The van der Waals surface area contributed by atoms with Gasteiger partial charge in [-0.05, 0) is 20.3 Å². The van der Waals surface area contributed by atoms with Gasteiger partial charge in [-0.25, -0.2) is 0 Å². The molecule has 0 aliphatic carbocycles. The molecule has 2 aliphatic heterocycles. The molecular weight excluding hydrogens is 192 g/mol. The molecule has 2 fully saturated rings. The van der Waals surface area contributed by atoms with Crippen LogP contribution in [0.4, 0.5) is 0 Å². The molecule has 0 aromatic heterocycles. The van der Waals surface area contributed by atoms with E-state index in [0.29, 0.717) is 6.04 Å². The molecule has 1 N–H and O–H groups in total. The molecule has 3 atom stereocenters. The van der Waals surface area contributed by atoms with Crippen molar-refractivity contribution in [2.75, 3.05) is 26.2 Å². The summed E-state index contributed by atoms with van der Waals surface area (Å²) in [5.41, 5.74) is 0. The number of rotatable bonds is 1. The van der Waals surface area contributed by atoms with Gasteiger partial charge in [0.15, 0.2) is 0 Å². The Balaban J connectivity index is 1.99. The van der Waals surface area contributed by atoms with Gasteiger partial charge >= 0.3 is 0 Å². The Morgan fingerprint density at radius 2 is 2.27 bits per heavy atom. The van der Waals surface area contributed by atoms with Crippen LogP contribution in [-0.2, 0) is 9.53 Å². The van der Waals surface area contributed by atoms with E-state index >= 15 is 0 Å². The van der Waals surface area contributed by atoms with Crippen molar-refractivity contribution >= 4 is 5.91 Å². The molecule has 2 saturated heterocycles. The first kappa shape index (κ1) is 10.9. The summed E-state index contributed by atoms with van der Waals surface area (Å²) in [6.07, 6.45) is 0.982. The molecule has 4 nitrogen and oxygen atoms in total. The Hall–Kier alpha value is -0.610. The number of hydrogen-bond acceptors (Lipinski definition) is 3. The Morgan fingerprint density at radius 1 is 1.47 bits per heavy atom. The number of hydrogen-bond donors (Lipinski definition) is 1. The summed E-state index contributed by atoms with van der Waals surface area (Å²) >= 11 is 0. The van der Waals surface area contributed by atoms with E-state index in [9.17, 15) is 4.79 Å². The monoisotopic (exact) mass is 212 g/mol. The third kappa shape index (κ3) is 2.16. The largest absolute Gasteiger partial charge is 0.378 e. The lowest BCUT2D eigenvalue weighted by molar-refractivity contribution is -0.139. The molecule has 0 radical (unpaired) electrons. The van der Waals surface area contributed by atoms with Crippen LogP contribution in [-0.4, -0.2) is 49.2 Å². The van der Waals surface area contributed by atoms with Gasteiger partial charge < -0.3 is 15.0 Å². The van der Waals surface area contributed by atoms with Gasteiger partial charge in [0.1, 0.15) is 0 Å². The zero-order valence-electron chi connectivity index (χ0n) is 9.53. The van der Waals surface area contributed by atoms with Crippen LogP contribution in [0.1, 0.15) is 20.3 Å². The SMILES string of the molecule is CC1OCCC1C(=O)N1CCNC[C@H]1C. The number of nitrogens with one attached hydrogen (secondary N) is 1. The minimum Gasteiger partial charge on any atom is -0.378 e. The van der Waals surface area contributed by atoms with Gasteiger partial charge in [-0.15, -0.1) is 0 Å². The predicted octanol–water partition coefficient (Wildman–Crippen LogP) is 0.232. The molecule has 1 amide bonds. The van der Waals surface area contributed by atoms with E-state index in [2.05, 4.69) is 12.2 Å². The molecule has 2 heterocycles. The first-order valence-corrected chi connectivity index (χ1v) is 5.83. The number of carbonyl (C=O) groups is 1. The average Bonchev–Trinajstić information content (AvgIpc) is 2.64. The molecule has 0 bridgehead atoms. The van der Waals surface area contributed by atoms with Crippen molar-refractivity contribution in [3.8, 4) is 0 Å². The van der Waals surface area contributed by atoms with Gasteiger partial charge in [0.25, 0.3) is 0 Å². The van der Waals surface area contributed by atoms with Crippen LogP contribution in [0.2, 0.25) is 0 Å². The lowest BCUT2D eigenvalue weighted by atomic mass is 9.99. The standard InChI is InChI=1S/C11H20N2O2/c1-8-7-12-4-5-13(8)11(14)10-3-6-15-9(10)2/h8-10,12H,3-7H2,1-2H3/t8-,9?,10?/m1/s1. The lowest BCUT2D eigenvalue weighted by Crippen LogP contribution is -2.54. The molecular formula is C11H20N2O2. The van der Waals surface area contributed by atoms with Crippen LogP contribution in [0.15, 0.2) is 0 Å². The van der Waals surface area contributed by atoms with Crippen molar-refractivity contribution in [3.63, 3.8) is 0 Å². The van der Waals surface area contributed by atoms with E-state index in [1.54, 1.807) is 0 Å². The zero-order valence-corrected chi connectivity index (χ0v) is 9.53. The Bertz CT molecular complexity index is 245. The van der Waals surface area contributed by atoms with Gasteiger partial charge in [-0.3, -0.25) is 4.79 Å². The number of nitrogens with zero attached hydrogens (tertiary/aromatic N) is 1. The number of piperazine rings is 1. The minimum atomic E-state index is 0.0885. The third-order valence-corrected chi connectivity index (χ3v) is 3.48. The Morgan fingerprint density at radius 3 is 2.87 bits per heavy atom. The van der Waals surface area contributed by atoms with Crippen molar-refractivity contribution in [1.82, 2.24) is 10.2 Å². The Kier molecular flexibility index (Phi) is 3.26. The second-order valence-electron chi connectivity index (χ2n) is 4.56. The first-order valence-electron chi connectivity index (χ1n) is 5.83. The van der Waals surface area contributed by atoms with Gasteiger partial charge in [-0.1, -0.05) is 0 Å². The lowest BCUT2D eigenvalue weighted by Gasteiger charge is -2.36. The molecule has 0 aromatic rings. The Labute approximate surface area is 91.0 Å². The molecule has 2 aliphatic rings. The van der Waals surface area contributed by atoms with E-state index in [1.165, 1.54) is 0 Å². The first-order chi connectivity index (χ1) is 7.20. The molecule has 4 heteroatoms. The van der Waals surface area contributed by atoms with Gasteiger partial charge in [-0.2, -0.15) is 0 Å². The van der Waals surface area contributed by atoms with E-state index < -0.39 is 0 Å². The highest BCUT2D eigenvalue weighted by atomic mass is 16.5. The van der Waals surface area contributed by atoms with Gasteiger partial charge in [0.2, 0.25) is 5.91 Å². The smallest absolute Gasteiger partial charge is 0.228 e. The second kappa shape index (κ2) is 4.49. The fraction of sp³-hybridized carbons (Fsp3) is 0.909. The molecule has 0 saturated carbocycles. The van der Waals surface area contributed by atoms with Crippen LogP contribution in [0.25, 0.3) is 0 Å². The minimum absolute atomic E-state index is 0.0885. The zero-order chi connectivity index (χ0) is 10.8. The highest BCUT2D eigenvalue weighted by molar-refractivity contribution is 5.80. The summed E-state index contributed by atoms with van der Waals surface area (Å²) in [6.45, 7) is 7.50. The maximum absolute atomic E-state index is 12.2. The molecule has 2 unspecified atom stereocenters. The highest BCUT2D eigenvalue weighted by Gasteiger charge is 2.35. The summed E-state index contributed by atoms with van der Waals surface area (Å²) in [6, 6.07) is 0.319. The number of carbonyl (C=O) groups excluding carboxylic acids is 1. The van der Waals surface area contributed by atoms with Gasteiger partial charge in [0.05, 0.1) is 12.0 Å². The number of amides is 1. The molecule has 15 heavy (non-hydrogen) atoms. The van der Waals surface area contributed by atoms with Crippen LogP contribution >= 0.6 is 0 Å². The van der Waals surface area contributed by atoms with E-state index in [0.717, 1.165) is 32.7 Å². The van der Waals surface area contributed by atoms with Crippen LogP contribution < -0.4 is 5.32 Å². The normalized spacial score (nSPS) is 36.9. The van der Waals surface area contributed by atoms with E-state index in [-0.39, 0.29) is 17.9 Å². The van der Waals surface area contributed by atoms with E-state index in [1.807, 2.05) is 11.8 Å². The van der Waals surface area contributed by atoms with Crippen molar-refractivity contribution in [1.29, 1.82) is 0 Å². The number of ether oxygens (including phenoxy) is 1. The average molecular weight is 212 g/mol. The fourth-order valence-electron chi connectivity index (χ4n) is 2.44. The third-order valence-electron chi connectivity index (χ3n) is 3.48. The summed E-state index contributed by atoms with van der Waals surface area (Å²) in [5.74, 6) is 0.375. The van der Waals surface area contributed by atoms with Gasteiger partial charge in [0, 0.05) is 32.3 Å². The maximum Gasteiger partial charge on any atom is 0.228 e.